The molecule has 5 heteroatoms. The van der Waals surface area contributed by atoms with Crippen molar-refractivity contribution in [2.24, 2.45) is 0 Å². The van der Waals surface area contributed by atoms with Crippen LogP contribution in [0.5, 0.6) is 0 Å². The van der Waals surface area contributed by atoms with Gasteiger partial charge in [0.25, 0.3) is 0 Å². The molecule has 0 saturated heterocycles. The van der Waals surface area contributed by atoms with E-state index in [2.05, 4.69) is 20.9 Å². The number of carbonyl (C=O) groups excluding carboxylic acids is 1. The Hall–Kier alpha value is -1.62. The van der Waals surface area contributed by atoms with Crippen LogP contribution >= 0.6 is 15.9 Å². The minimum atomic E-state index is -1.03. The monoisotopic (exact) mass is 337 g/mol. The molecule has 1 unspecified atom stereocenters. The Balaban J connectivity index is 2.01. The van der Waals surface area contributed by atoms with E-state index in [9.17, 15) is 13.6 Å². The van der Waals surface area contributed by atoms with Crippen LogP contribution in [0.25, 0.3) is 0 Å². The number of Topliss-reactive ketones (excluding diaryl/α,β-unsaturated/α-hetero) is 1. The van der Waals surface area contributed by atoms with Crippen molar-refractivity contribution in [1.82, 2.24) is 4.98 Å². The smallest absolute Gasteiger partial charge is 0.173 e. The highest BCUT2D eigenvalue weighted by Crippen LogP contribution is 2.36. The number of pyridine rings is 1. The lowest BCUT2D eigenvalue weighted by molar-refractivity contribution is 0.0956. The lowest BCUT2D eigenvalue weighted by atomic mass is 9.95. The third-order valence-corrected chi connectivity index (χ3v) is 4.35. The van der Waals surface area contributed by atoms with Crippen molar-refractivity contribution < 1.29 is 13.6 Å². The van der Waals surface area contributed by atoms with Gasteiger partial charge in [-0.3, -0.25) is 9.78 Å². The summed E-state index contributed by atoms with van der Waals surface area (Å²) in [6.45, 7) is 0. The van der Waals surface area contributed by atoms with Gasteiger partial charge in [-0.25, -0.2) is 8.78 Å². The Morgan fingerprint density at radius 2 is 2.10 bits per heavy atom. The van der Waals surface area contributed by atoms with Gasteiger partial charge in [-0.2, -0.15) is 0 Å². The Labute approximate surface area is 123 Å². The summed E-state index contributed by atoms with van der Waals surface area (Å²) >= 11 is 2.96. The number of carbonyl (C=O) groups is 1. The van der Waals surface area contributed by atoms with Gasteiger partial charge in [-0.15, -0.1) is 0 Å². The molecule has 1 aliphatic carbocycles. The summed E-state index contributed by atoms with van der Waals surface area (Å²) in [5.41, 5.74) is 1.95. The molecule has 0 spiro atoms. The van der Waals surface area contributed by atoms with Gasteiger partial charge in [0.15, 0.2) is 17.4 Å². The maximum atomic E-state index is 13.5. The number of aromatic nitrogens is 1. The zero-order chi connectivity index (χ0) is 14.3. The molecule has 3 rings (SSSR count). The molecule has 0 amide bonds. The Bertz CT molecular complexity index is 702. The van der Waals surface area contributed by atoms with Crippen LogP contribution in [0.4, 0.5) is 8.78 Å². The molecular weight excluding hydrogens is 328 g/mol. The fourth-order valence-corrected chi connectivity index (χ4v) is 3.09. The van der Waals surface area contributed by atoms with E-state index in [-0.39, 0.29) is 21.7 Å². The number of benzene rings is 1. The standard InChI is InChI=1S/C15H10BrF2NO/c16-12-9(5-6-11(17)13(12)18)15(20)10-4-3-8-2-1-7-19-14(8)10/h1-2,5-7,10H,3-4H2. The second kappa shape index (κ2) is 5.05. The minimum absolute atomic E-state index is 0.119. The molecular formula is C15H10BrF2NO. The first-order valence-corrected chi connectivity index (χ1v) is 7.00. The van der Waals surface area contributed by atoms with Crippen LogP contribution < -0.4 is 0 Å². The molecule has 1 heterocycles. The van der Waals surface area contributed by atoms with Gasteiger partial charge < -0.3 is 0 Å². The van der Waals surface area contributed by atoms with E-state index >= 15 is 0 Å². The van der Waals surface area contributed by atoms with Crippen LogP contribution in [-0.2, 0) is 6.42 Å². The molecule has 0 fully saturated rings. The number of hydrogen-bond acceptors (Lipinski definition) is 2. The highest BCUT2D eigenvalue weighted by molar-refractivity contribution is 9.10. The van der Waals surface area contributed by atoms with Crippen molar-refractivity contribution in [1.29, 1.82) is 0 Å². The molecule has 0 saturated carbocycles. The number of aryl methyl sites for hydroxylation is 1. The fraction of sp³-hybridized carbons (Fsp3) is 0.200. The molecule has 1 aromatic heterocycles. The average molecular weight is 338 g/mol. The molecule has 102 valence electrons. The fourth-order valence-electron chi connectivity index (χ4n) is 2.57. The van der Waals surface area contributed by atoms with E-state index in [1.165, 1.54) is 6.07 Å². The Morgan fingerprint density at radius 3 is 2.90 bits per heavy atom. The van der Waals surface area contributed by atoms with Crippen molar-refractivity contribution >= 4 is 21.7 Å². The number of ketones is 1. The maximum Gasteiger partial charge on any atom is 0.173 e. The number of halogens is 3. The lowest BCUT2D eigenvalue weighted by Crippen LogP contribution is -2.13. The number of rotatable bonds is 2. The van der Waals surface area contributed by atoms with Crippen LogP contribution in [0.1, 0.15) is 34.0 Å². The second-order valence-electron chi connectivity index (χ2n) is 4.73. The summed E-state index contributed by atoms with van der Waals surface area (Å²) in [5.74, 6) is -2.62. The summed E-state index contributed by atoms with van der Waals surface area (Å²) in [6.07, 6.45) is 3.07. The summed E-state index contributed by atoms with van der Waals surface area (Å²) in [7, 11) is 0. The Morgan fingerprint density at radius 1 is 1.30 bits per heavy atom. The molecule has 1 atom stereocenters. The van der Waals surface area contributed by atoms with E-state index in [1.54, 1.807) is 6.20 Å². The molecule has 2 nitrogen and oxygen atoms in total. The first-order chi connectivity index (χ1) is 9.59. The first kappa shape index (κ1) is 13.4. The van der Waals surface area contributed by atoms with E-state index in [4.69, 9.17) is 0 Å². The lowest BCUT2D eigenvalue weighted by Gasteiger charge is -2.11. The zero-order valence-electron chi connectivity index (χ0n) is 10.4. The molecule has 2 aromatic rings. The van der Waals surface area contributed by atoms with Gasteiger partial charge in [-0.1, -0.05) is 6.07 Å². The van der Waals surface area contributed by atoms with Gasteiger partial charge in [0.05, 0.1) is 16.1 Å². The van der Waals surface area contributed by atoms with Crippen LogP contribution in [0.3, 0.4) is 0 Å². The van der Waals surface area contributed by atoms with Gasteiger partial charge in [-0.05, 0) is 52.5 Å². The number of hydrogen-bond donors (Lipinski definition) is 0. The van der Waals surface area contributed by atoms with Gasteiger partial charge in [0.1, 0.15) is 0 Å². The molecule has 0 aliphatic heterocycles. The topological polar surface area (TPSA) is 30.0 Å². The Kier molecular flexibility index (Phi) is 3.38. The highest BCUT2D eigenvalue weighted by Gasteiger charge is 2.32. The van der Waals surface area contributed by atoms with Crippen molar-refractivity contribution in [2.45, 2.75) is 18.8 Å². The molecule has 20 heavy (non-hydrogen) atoms. The van der Waals surface area contributed by atoms with E-state index in [1.807, 2.05) is 12.1 Å². The summed E-state index contributed by atoms with van der Waals surface area (Å²) in [4.78, 5) is 16.8. The highest BCUT2D eigenvalue weighted by atomic mass is 79.9. The molecule has 1 aromatic carbocycles. The zero-order valence-corrected chi connectivity index (χ0v) is 12.0. The van der Waals surface area contributed by atoms with E-state index in [0.29, 0.717) is 6.42 Å². The largest absolute Gasteiger partial charge is 0.293 e. The minimum Gasteiger partial charge on any atom is -0.293 e. The number of nitrogens with zero attached hydrogens (tertiary/aromatic N) is 1. The van der Waals surface area contributed by atoms with Crippen LogP contribution in [-0.4, -0.2) is 10.8 Å². The summed E-state index contributed by atoms with van der Waals surface area (Å²) < 4.78 is 26.5. The normalized spacial score (nSPS) is 17.1. The predicted octanol–water partition coefficient (Wildman–Crippen LogP) is 4.04. The second-order valence-corrected chi connectivity index (χ2v) is 5.52. The first-order valence-electron chi connectivity index (χ1n) is 6.21. The average Bonchev–Trinajstić information content (AvgIpc) is 2.88. The summed E-state index contributed by atoms with van der Waals surface area (Å²) in [6, 6.07) is 6.06. The maximum absolute atomic E-state index is 13.5. The summed E-state index contributed by atoms with van der Waals surface area (Å²) in [5, 5.41) is 0. The molecule has 0 bridgehead atoms. The molecule has 1 aliphatic rings. The third kappa shape index (κ3) is 2.06. The quantitative estimate of drug-likeness (QED) is 0.611. The van der Waals surface area contributed by atoms with Crippen molar-refractivity contribution in [3.05, 3.63) is 63.4 Å². The van der Waals surface area contributed by atoms with Crippen LogP contribution in [0.2, 0.25) is 0 Å². The number of fused-ring (bicyclic) bond motifs is 1. The van der Waals surface area contributed by atoms with Crippen LogP contribution in [0, 0.1) is 11.6 Å². The SMILES string of the molecule is O=C(c1ccc(F)c(F)c1Br)C1CCc2cccnc21. The predicted molar refractivity (Wildman–Crippen MR) is 73.7 cm³/mol. The van der Waals surface area contributed by atoms with Gasteiger partial charge in [0.2, 0.25) is 0 Å². The van der Waals surface area contributed by atoms with Crippen LogP contribution in [0.15, 0.2) is 34.9 Å². The van der Waals surface area contributed by atoms with Crippen molar-refractivity contribution in [3.63, 3.8) is 0 Å². The van der Waals surface area contributed by atoms with Gasteiger partial charge >= 0.3 is 0 Å². The van der Waals surface area contributed by atoms with Crippen molar-refractivity contribution in [3.8, 4) is 0 Å². The van der Waals surface area contributed by atoms with Crippen molar-refractivity contribution in [2.75, 3.05) is 0 Å². The molecule has 0 radical (unpaired) electrons. The van der Waals surface area contributed by atoms with Gasteiger partial charge in [0, 0.05) is 11.8 Å². The van der Waals surface area contributed by atoms with E-state index < -0.39 is 11.6 Å². The third-order valence-electron chi connectivity index (χ3n) is 3.58. The van der Waals surface area contributed by atoms with E-state index in [0.717, 1.165) is 23.7 Å². The molecule has 0 N–H and O–H groups in total.